The van der Waals surface area contributed by atoms with Gasteiger partial charge in [0.25, 0.3) is 0 Å². The Morgan fingerprint density at radius 3 is 2.56 bits per heavy atom. The largest absolute Gasteiger partial charge is 0.374 e. The van der Waals surface area contributed by atoms with Crippen LogP contribution in [0, 0.1) is 12.7 Å². The van der Waals surface area contributed by atoms with Gasteiger partial charge in [0, 0.05) is 12.7 Å². The fourth-order valence-corrected chi connectivity index (χ4v) is 1.37. The number of nitrogens with one attached hydrogen (secondary N) is 3. The maximum absolute atomic E-state index is 12.9. The van der Waals surface area contributed by atoms with Gasteiger partial charge in [-0.25, -0.2) is 9.18 Å². The summed E-state index contributed by atoms with van der Waals surface area (Å²) in [6.45, 7) is 3.34. The molecule has 0 bridgehead atoms. The zero-order chi connectivity index (χ0) is 13.7. The molecule has 0 aliphatic heterocycles. The highest BCUT2D eigenvalue weighted by atomic mass is 19.1. The molecule has 1 rings (SSSR count). The monoisotopic (exact) mass is 253 g/mol. The molecule has 0 radical (unpaired) electrons. The molecule has 0 aliphatic rings. The number of halogens is 1. The summed E-state index contributed by atoms with van der Waals surface area (Å²) in [5.74, 6) is -0.793. The van der Waals surface area contributed by atoms with Crippen molar-refractivity contribution in [3.8, 4) is 0 Å². The molecule has 0 saturated heterocycles. The fraction of sp³-hybridized carbons (Fsp3) is 0.333. The Bertz CT molecular complexity index is 463. The van der Waals surface area contributed by atoms with Crippen molar-refractivity contribution >= 4 is 17.6 Å². The van der Waals surface area contributed by atoms with Crippen LogP contribution in [0.5, 0.6) is 0 Å². The highest BCUT2D eigenvalue weighted by molar-refractivity contribution is 5.97. The number of amides is 3. The molecule has 1 unspecified atom stereocenters. The Morgan fingerprint density at radius 2 is 2.00 bits per heavy atom. The number of rotatable bonds is 3. The van der Waals surface area contributed by atoms with Crippen molar-refractivity contribution in [1.29, 1.82) is 0 Å². The molecule has 0 spiro atoms. The van der Waals surface area contributed by atoms with E-state index in [0.29, 0.717) is 11.3 Å². The molecule has 0 fully saturated rings. The summed E-state index contributed by atoms with van der Waals surface area (Å²) in [4.78, 5) is 22.6. The van der Waals surface area contributed by atoms with Crippen molar-refractivity contribution in [1.82, 2.24) is 10.6 Å². The molecule has 6 heteroatoms. The normalized spacial score (nSPS) is 11.6. The minimum absolute atomic E-state index is 0.333. The van der Waals surface area contributed by atoms with Crippen LogP contribution in [0.3, 0.4) is 0 Å². The second-order valence-electron chi connectivity index (χ2n) is 3.89. The lowest BCUT2D eigenvalue weighted by Crippen LogP contribution is -2.44. The molecule has 1 aromatic carbocycles. The predicted molar refractivity (Wildman–Crippen MR) is 66.8 cm³/mol. The van der Waals surface area contributed by atoms with Crippen molar-refractivity contribution in [2.75, 3.05) is 12.4 Å². The van der Waals surface area contributed by atoms with E-state index in [-0.39, 0.29) is 5.82 Å². The van der Waals surface area contributed by atoms with Crippen LogP contribution in [0.25, 0.3) is 0 Å². The van der Waals surface area contributed by atoms with Crippen LogP contribution in [-0.4, -0.2) is 25.0 Å². The first-order valence-electron chi connectivity index (χ1n) is 5.49. The van der Waals surface area contributed by atoms with Gasteiger partial charge in [-0.05, 0) is 37.6 Å². The Hall–Kier alpha value is -2.11. The second-order valence-corrected chi connectivity index (χ2v) is 3.89. The molecule has 1 atom stereocenters. The topological polar surface area (TPSA) is 70.2 Å². The number of carbonyl (C=O) groups is 2. The second kappa shape index (κ2) is 6.00. The Labute approximate surface area is 105 Å². The third-order valence-corrected chi connectivity index (χ3v) is 2.42. The lowest BCUT2D eigenvalue weighted by molar-refractivity contribution is -0.120. The van der Waals surface area contributed by atoms with Crippen LogP contribution in [0.2, 0.25) is 0 Å². The first-order valence-corrected chi connectivity index (χ1v) is 5.49. The fourth-order valence-electron chi connectivity index (χ4n) is 1.37. The lowest BCUT2D eigenvalue weighted by atomic mass is 10.1. The number of aryl methyl sites for hydroxylation is 1. The van der Waals surface area contributed by atoms with Crippen molar-refractivity contribution in [2.24, 2.45) is 0 Å². The molecule has 5 nitrogen and oxygen atoms in total. The number of urea groups is 1. The molecular formula is C12H16FN3O2. The van der Waals surface area contributed by atoms with Gasteiger partial charge in [0.2, 0.25) is 5.91 Å². The molecular weight excluding hydrogens is 237 g/mol. The van der Waals surface area contributed by atoms with Crippen LogP contribution >= 0.6 is 0 Å². The van der Waals surface area contributed by atoms with Crippen LogP contribution in [0.4, 0.5) is 14.9 Å². The SMILES string of the molecule is CNC(=O)NC(=O)C(C)Nc1ccc(F)cc1C. The average molecular weight is 253 g/mol. The summed E-state index contributed by atoms with van der Waals surface area (Å²) in [6.07, 6.45) is 0. The van der Waals surface area contributed by atoms with Crippen molar-refractivity contribution in [3.63, 3.8) is 0 Å². The van der Waals surface area contributed by atoms with Gasteiger partial charge in [-0.2, -0.15) is 0 Å². The summed E-state index contributed by atoms with van der Waals surface area (Å²) in [7, 11) is 1.42. The zero-order valence-corrected chi connectivity index (χ0v) is 10.5. The van der Waals surface area contributed by atoms with Gasteiger partial charge in [-0.15, -0.1) is 0 Å². The molecule has 0 aliphatic carbocycles. The minimum Gasteiger partial charge on any atom is -0.374 e. The molecule has 3 amide bonds. The predicted octanol–water partition coefficient (Wildman–Crippen LogP) is 1.39. The number of anilines is 1. The van der Waals surface area contributed by atoms with Crippen LogP contribution in [0.15, 0.2) is 18.2 Å². The highest BCUT2D eigenvalue weighted by Gasteiger charge is 2.15. The van der Waals surface area contributed by atoms with Gasteiger partial charge >= 0.3 is 6.03 Å². The quantitative estimate of drug-likeness (QED) is 0.762. The van der Waals surface area contributed by atoms with Gasteiger partial charge in [-0.3, -0.25) is 10.1 Å². The molecule has 0 saturated carbocycles. The van der Waals surface area contributed by atoms with Crippen LogP contribution in [-0.2, 0) is 4.79 Å². The van der Waals surface area contributed by atoms with Crippen molar-refractivity contribution in [3.05, 3.63) is 29.6 Å². The maximum Gasteiger partial charge on any atom is 0.321 e. The molecule has 18 heavy (non-hydrogen) atoms. The number of hydrogen-bond acceptors (Lipinski definition) is 3. The summed E-state index contributed by atoms with van der Waals surface area (Å²) in [5, 5.41) is 7.35. The Morgan fingerprint density at radius 1 is 1.33 bits per heavy atom. The number of imide groups is 1. The van der Waals surface area contributed by atoms with Gasteiger partial charge in [0.1, 0.15) is 11.9 Å². The maximum atomic E-state index is 12.9. The van der Waals surface area contributed by atoms with E-state index in [9.17, 15) is 14.0 Å². The molecule has 1 aromatic rings. The zero-order valence-electron chi connectivity index (χ0n) is 10.5. The molecule has 98 valence electrons. The molecule has 0 aromatic heterocycles. The summed E-state index contributed by atoms with van der Waals surface area (Å²) < 4.78 is 12.9. The van der Waals surface area contributed by atoms with Crippen LogP contribution < -0.4 is 16.0 Å². The van der Waals surface area contributed by atoms with E-state index < -0.39 is 18.0 Å². The van der Waals surface area contributed by atoms with Gasteiger partial charge in [0.05, 0.1) is 0 Å². The van der Waals surface area contributed by atoms with E-state index in [2.05, 4.69) is 16.0 Å². The standard InChI is InChI=1S/C12H16FN3O2/c1-7-6-9(13)4-5-10(7)15-8(2)11(17)16-12(18)14-3/h4-6,8,15H,1-3H3,(H2,14,16,17,18). The number of carbonyl (C=O) groups excluding carboxylic acids is 2. The van der Waals surface area contributed by atoms with E-state index in [1.54, 1.807) is 19.9 Å². The van der Waals surface area contributed by atoms with Gasteiger partial charge in [0.15, 0.2) is 0 Å². The third kappa shape index (κ3) is 3.73. The van der Waals surface area contributed by atoms with Gasteiger partial charge < -0.3 is 10.6 Å². The van der Waals surface area contributed by atoms with Gasteiger partial charge in [-0.1, -0.05) is 0 Å². The van der Waals surface area contributed by atoms with E-state index >= 15 is 0 Å². The number of benzene rings is 1. The van der Waals surface area contributed by atoms with E-state index in [4.69, 9.17) is 0 Å². The average Bonchev–Trinajstić information content (AvgIpc) is 2.32. The summed E-state index contributed by atoms with van der Waals surface area (Å²) in [6, 6.07) is 3.05. The smallest absolute Gasteiger partial charge is 0.321 e. The van der Waals surface area contributed by atoms with Crippen molar-refractivity contribution < 1.29 is 14.0 Å². The summed E-state index contributed by atoms with van der Waals surface area (Å²) in [5.41, 5.74) is 1.34. The first kappa shape index (κ1) is 14.0. The van der Waals surface area contributed by atoms with Crippen LogP contribution in [0.1, 0.15) is 12.5 Å². The summed E-state index contributed by atoms with van der Waals surface area (Å²) >= 11 is 0. The highest BCUT2D eigenvalue weighted by Crippen LogP contribution is 2.16. The number of hydrogen-bond donors (Lipinski definition) is 3. The molecule has 3 N–H and O–H groups in total. The lowest BCUT2D eigenvalue weighted by Gasteiger charge is -2.16. The third-order valence-electron chi connectivity index (χ3n) is 2.42. The molecule has 0 heterocycles. The Kier molecular flexibility index (Phi) is 4.65. The van der Waals surface area contributed by atoms with E-state index in [1.165, 1.54) is 19.2 Å². The minimum atomic E-state index is -0.605. The first-order chi connectivity index (χ1) is 8.43. The van der Waals surface area contributed by atoms with E-state index in [0.717, 1.165) is 0 Å². The Balaban J connectivity index is 2.66. The van der Waals surface area contributed by atoms with E-state index in [1.807, 2.05) is 0 Å². The van der Waals surface area contributed by atoms with Crippen molar-refractivity contribution in [2.45, 2.75) is 19.9 Å².